The Morgan fingerprint density at radius 1 is 1.00 bits per heavy atom. The molecule has 1 spiro atoms. The molecule has 0 unspecified atom stereocenters. The first kappa shape index (κ1) is 30.6. The van der Waals surface area contributed by atoms with Gasteiger partial charge >= 0.3 is 5.97 Å². The lowest BCUT2D eigenvalue weighted by atomic mass is 10.0. The van der Waals surface area contributed by atoms with Crippen LogP contribution in [0.2, 0.25) is 0 Å². The number of carbonyl (C=O) groups excluding carboxylic acids is 4. The van der Waals surface area contributed by atoms with Crippen molar-refractivity contribution in [1.29, 1.82) is 0 Å². The third-order valence-corrected chi connectivity index (χ3v) is 7.93. The van der Waals surface area contributed by atoms with Crippen LogP contribution in [0.1, 0.15) is 57.8 Å². The zero-order valence-corrected chi connectivity index (χ0v) is 24.9. The number of nitrogens with one attached hydrogen (secondary N) is 3. The number of aromatic nitrogens is 1. The van der Waals surface area contributed by atoms with E-state index < -0.39 is 53.5 Å². The van der Waals surface area contributed by atoms with Crippen molar-refractivity contribution in [3.05, 3.63) is 47.7 Å². The van der Waals surface area contributed by atoms with Gasteiger partial charge in [-0.25, -0.2) is 10.2 Å². The normalized spacial score (nSPS) is 30.2. The standard InChI is InChI=1S/C31H39N5O7/c1-18(2)26-28(38)33-20(4)29(39)36-13-5-6-24(35-36)27(37)32-19(3)23-10-9-22-8-7-21(16-25(22)34-23)11-12-31(30(40)43-26)17-41-14-15-42-31/h7-12,16,18-20,24,26,35H,5-6,13-15,17H2,1-4H3,(H,32,37)(H,33,38)/b12-11+/t19-,20+,24+,26+,31+/m1/s1. The van der Waals surface area contributed by atoms with Crippen LogP contribution in [-0.4, -0.2) is 83.8 Å². The van der Waals surface area contributed by atoms with E-state index in [1.807, 2.05) is 37.3 Å². The van der Waals surface area contributed by atoms with Crippen molar-refractivity contribution in [2.75, 3.05) is 26.4 Å². The molecule has 3 N–H and O–H groups in total. The summed E-state index contributed by atoms with van der Waals surface area (Å²) in [5.41, 5.74) is 3.60. The molecule has 3 aliphatic rings. The van der Waals surface area contributed by atoms with E-state index in [2.05, 4.69) is 16.1 Å². The molecular weight excluding hydrogens is 554 g/mol. The fraction of sp³-hybridized carbons (Fsp3) is 0.516. The first-order chi connectivity index (χ1) is 20.6. The number of pyridine rings is 1. The van der Waals surface area contributed by atoms with Crippen molar-refractivity contribution in [2.24, 2.45) is 5.92 Å². The number of hydrazine groups is 1. The van der Waals surface area contributed by atoms with E-state index in [0.717, 1.165) is 10.9 Å². The Bertz CT molecular complexity index is 1420. The molecule has 5 atom stereocenters. The maximum Gasteiger partial charge on any atom is 0.345 e. The molecule has 1 aromatic heterocycles. The van der Waals surface area contributed by atoms with E-state index in [4.69, 9.17) is 19.2 Å². The number of amides is 3. The van der Waals surface area contributed by atoms with E-state index in [9.17, 15) is 19.2 Å². The lowest BCUT2D eigenvalue weighted by molar-refractivity contribution is -0.195. The number of benzene rings is 1. The molecule has 0 aliphatic carbocycles. The zero-order valence-electron chi connectivity index (χ0n) is 24.9. The van der Waals surface area contributed by atoms with Gasteiger partial charge in [0.15, 0.2) is 6.10 Å². The molecule has 2 fully saturated rings. The second-order valence-corrected chi connectivity index (χ2v) is 11.7. The molecule has 1 aromatic carbocycles. The lowest BCUT2D eigenvalue weighted by Gasteiger charge is -2.36. The van der Waals surface area contributed by atoms with Crippen molar-refractivity contribution in [3.63, 3.8) is 0 Å². The Hall–Kier alpha value is -3.87. The highest BCUT2D eigenvalue weighted by Crippen LogP contribution is 2.25. The molecule has 2 aromatic rings. The number of esters is 1. The van der Waals surface area contributed by atoms with Crippen LogP contribution in [0.5, 0.6) is 0 Å². The minimum atomic E-state index is -1.57. The van der Waals surface area contributed by atoms with Crippen LogP contribution in [-0.2, 0) is 33.4 Å². The van der Waals surface area contributed by atoms with Crippen molar-refractivity contribution in [2.45, 2.75) is 70.4 Å². The second-order valence-electron chi connectivity index (χ2n) is 11.7. The average Bonchev–Trinajstić information content (AvgIpc) is 3.01. The quantitative estimate of drug-likeness (QED) is 0.421. The summed E-state index contributed by atoms with van der Waals surface area (Å²) in [5, 5.41) is 7.97. The third kappa shape index (κ3) is 6.71. The molecule has 3 aliphatic heterocycles. The lowest BCUT2D eigenvalue weighted by Crippen LogP contribution is -2.61. The Kier molecular flexibility index (Phi) is 9.09. The van der Waals surface area contributed by atoms with Crippen LogP contribution in [0.25, 0.3) is 17.0 Å². The summed E-state index contributed by atoms with van der Waals surface area (Å²) in [4.78, 5) is 58.3. The predicted octanol–water partition coefficient (Wildman–Crippen LogP) is 1.79. The Morgan fingerprint density at radius 2 is 1.77 bits per heavy atom. The number of carbonyl (C=O) groups is 4. The number of nitrogens with zero attached hydrogens (tertiary/aromatic N) is 2. The monoisotopic (exact) mass is 593 g/mol. The van der Waals surface area contributed by atoms with Gasteiger partial charge in [-0.2, -0.15) is 0 Å². The molecule has 3 amide bonds. The van der Waals surface area contributed by atoms with Gasteiger partial charge in [0.25, 0.3) is 11.8 Å². The number of hydrogen-bond donors (Lipinski definition) is 3. The van der Waals surface area contributed by atoms with Crippen LogP contribution in [0.15, 0.2) is 36.4 Å². The van der Waals surface area contributed by atoms with Crippen LogP contribution in [0.4, 0.5) is 0 Å². The number of hydrogen-bond acceptors (Lipinski definition) is 9. The number of ether oxygens (including phenoxy) is 3. The number of rotatable bonds is 1. The van der Waals surface area contributed by atoms with Gasteiger partial charge in [-0.05, 0) is 56.4 Å². The number of fused-ring (bicyclic) bond motifs is 4. The average molecular weight is 594 g/mol. The SMILES string of the molecule is CC(C)[C@@H]1OC(=O)[C@]2(/C=C/c3ccc4ccc(nc4c3)[C@@H](C)NC(=O)[C@@H]3CCCN(N3)C(=O)[C@H](C)NC1=O)COCCO2. The topological polar surface area (TPSA) is 148 Å². The predicted molar refractivity (Wildman–Crippen MR) is 157 cm³/mol. The summed E-state index contributed by atoms with van der Waals surface area (Å²) >= 11 is 0. The van der Waals surface area contributed by atoms with E-state index in [-0.39, 0.29) is 19.1 Å². The summed E-state index contributed by atoms with van der Waals surface area (Å²) in [7, 11) is 0. The Labute approximate surface area is 250 Å². The third-order valence-electron chi connectivity index (χ3n) is 7.93. The molecule has 5 bridgehead atoms. The molecule has 2 saturated heterocycles. The van der Waals surface area contributed by atoms with Crippen LogP contribution < -0.4 is 16.1 Å². The maximum atomic E-state index is 13.6. The molecule has 0 saturated carbocycles. The first-order valence-corrected chi connectivity index (χ1v) is 14.8. The van der Waals surface area contributed by atoms with Gasteiger partial charge < -0.3 is 24.8 Å². The van der Waals surface area contributed by atoms with Gasteiger partial charge in [0.1, 0.15) is 12.1 Å². The van der Waals surface area contributed by atoms with Crippen molar-refractivity contribution in [1.82, 2.24) is 26.1 Å². The fourth-order valence-corrected chi connectivity index (χ4v) is 5.38. The number of cyclic esters (lactones) is 1. The molecule has 4 heterocycles. The molecular formula is C31H39N5O7. The molecule has 5 rings (SSSR count). The van der Waals surface area contributed by atoms with E-state index in [1.54, 1.807) is 32.9 Å². The Morgan fingerprint density at radius 3 is 2.51 bits per heavy atom. The van der Waals surface area contributed by atoms with Gasteiger partial charge in [-0.3, -0.25) is 24.4 Å². The van der Waals surface area contributed by atoms with Gasteiger partial charge in [0.05, 0.1) is 37.1 Å². The summed E-state index contributed by atoms with van der Waals surface area (Å²) in [6, 6.07) is 7.54. The summed E-state index contributed by atoms with van der Waals surface area (Å²) < 4.78 is 17.3. The zero-order chi connectivity index (χ0) is 30.7. The van der Waals surface area contributed by atoms with Crippen LogP contribution in [0, 0.1) is 5.92 Å². The minimum Gasteiger partial charge on any atom is -0.450 e. The Balaban J connectivity index is 1.53. The molecule has 12 nitrogen and oxygen atoms in total. The second kappa shape index (κ2) is 12.8. The van der Waals surface area contributed by atoms with Crippen LogP contribution in [0.3, 0.4) is 0 Å². The molecule has 12 heteroatoms. The molecule has 0 radical (unpaired) electrons. The minimum absolute atomic E-state index is 0.0847. The van der Waals surface area contributed by atoms with Crippen LogP contribution >= 0.6 is 0 Å². The summed E-state index contributed by atoms with van der Waals surface area (Å²) in [5.74, 6) is -2.43. The highest BCUT2D eigenvalue weighted by atomic mass is 16.6. The van der Waals surface area contributed by atoms with Crippen molar-refractivity contribution >= 4 is 40.7 Å². The highest BCUT2D eigenvalue weighted by Gasteiger charge is 2.44. The first-order valence-electron chi connectivity index (χ1n) is 14.8. The smallest absolute Gasteiger partial charge is 0.345 e. The van der Waals surface area contributed by atoms with Crippen molar-refractivity contribution < 1.29 is 33.4 Å². The summed E-state index contributed by atoms with van der Waals surface area (Å²) in [6.07, 6.45) is 3.29. The fourth-order valence-electron chi connectivity index (χ4n) is 5.38. The maximum absolute atomic E-state index is 13.6. The van der Waals surface area contributed by atoms with E-state index >= 15 is 0 Å². The summed E-state index contributed by atoms with van der Waals surface area (Å²) in [6.45, 7) is 7.69. The molecule has 230 valence electrons. The van der Waals surface area contributed by atoms with Gasteiger partial charge in [-0.15, -0.1) is 0 Å². The highest BCUT2D eigenvalue weighted by molar-refractivity contribution is 5.92. The van der Waals surface area contributed by atoms with Gasteiger partial charge in [0, 0.05) is 11.9 Å². The largest absolute Gasteiger partial charge is 0.450 e. The van der Waals surface area contributed by atoms with E-state index in [0.29, 0.717) is 37.2 Å². The van der Waals surface area contributed by atoms with Gasteiger partial charge in [0.2, 0.25) is 11.5 Å². The van der Waals surface area contributed by atoms with Crippen molar-refractivity contribution in [3.8, 4) is 0 Å². The van der Waals surface area contributed by atoms with Gasteiger partial charge in [-0.1, -0.05) is 38.1 Å². The van der Waals surface area contributed by atoms with E-state index in [1.165, 1.54) is 5.01 Å². The molecule has 43 heavy (non-hydrogen) atoms.